The molecule has 0 spiro atoms. The van der Waals surface area contributed by atoms with Crippen LogP contribution < -0.4 is 4.74 Å². The molecular weight excluding hydrogens is 285 g/mol. The van der Waals surface area contributed by atoms with Crippen molar-refractivity contribution in [2.24, 2.45) is 0 Å². The Morgan fingerprint density at radius 3 is 2.58 bits per heavy atom. The second-order valence-electron chi connectivity index (χ2n) is 3.65. The summed E-state index contributed by atoms with van der Waals surface area (Å²) in [4.78, 5) is 11.1. The molecule has 0 saturated heterocycles. The molecule has 0 bridgehead atoms. The van der Waals surface area contributed by atoms with Gasteiger partial charge in [-0.3, -0.25) is 4.79 Å². The molecule has 1 aromatic carbocycles. The maximum atomic E-state index is 12.1. The number of halogens is 4. The van der Waals surface area contributed by atoms with E-state index in [0.717, 1.165) is 6.07 Å². The highest BCUT2D eigenvalue weighted by Crippen LogP contribution is 2.27. The van der Waals surface area contributed by atoms with Crippen LogP contribution in [0, 0.1) is 0 Å². The van der Waals surface area contributed by atoms with Crippen LogP contribution in [0.25, 0.3) is 0 Å². The molecule has 0 heterocycles. The lowest BCUT2D eigenvalue weighted by atomic mass is 10.1. The number of carbonyl (C=O) groups excluding carboxylic acids is 1. The summed E-state index contributed by atoms with van der Waals surface area (Å²) in [5.41, 5.74) is 0.472. The molecule has 0 N–H and O–H groups in total. The Kier molecular flexibility index (Phi) is 5.47. The molecular formula is C12H12ClF3O3. The van der Waals surface area contributed by atoms with Crippen molar-refractivity contribution in [2.45, 2.75) is 26.1 Å². The van der Waals surface area contributed by atoms with Crippen LogP contribution >= 0.6 is 11.6 Å². The van der Waals surface area contributed by atoms with Crippen molar-refractivity contribution in [1.29, 1.82) is 0 Å². The number of hydrogen-bond acceptors (Lipinski definition) is 3. The Bertz CT molecular complexity index is 446. The van der Waals surface area contributed by atoms with E-state index in [1.807, 2.05) is 0 Å². The second kappa shape index (κ2) is 6.65. The molecule has 1 rings (SSSR count). The van der Waals surface area contributed by atoms with E-state index in [0.29, 0.717) is 5.56 Å². The van der Waals surface area contributed by atoms with Gasteiger partial charge in [-0.2, -0.15) is 0 Å². The highest BCUT2D eigenvalue weighted by Gasteiger charge is 2.31. The molecule has 106 valence electrons. The predicted molar refractivity (Wildman–Crippen MR) is 63.1 cm³/mol. The third-order valence-corrected chi connectivity index (χ3v) is 2.31. The topological polar surface area (TPSA) is 35.5 Å². The van der Waals surface area contributed by atoms with Crippen molar-refractivity contribution in [2.75, 3.05) is 6.61 Å². The summed E-state index contributed by atoms with van der Waals surface area (Å²) in [6.45, 7) is 1.93. The molecule has 0 aliphatic carbocycles. The number of benzene rings is 1. The second-order valence-corrected chi connectivity index (χ2v) is 4.08. The van der Waals surface area contributed by atoms with Gasteiger partial charge >= 0.3 is 12.3 Å². The Morgan fingerprint density at radius 1 is 1.32 bits per heavy atom. The van der Waals surface area contributed by atoms with Gasteiger partial charge < -0.3 is 9.47 Å². The zero-order valence-electron chi connectivity index (χ0n) is 10.1. The lowest BCUT2D eigenvalue weighted by molar-refractivity contribution is -0.274. The Labute approximate surface area is 113 Å². The van der Waals surface area contributed by atoms with E-state index in [2.05, 4.69) is 4.74 Å². The molecule has 0 aromatic heterocycles. The van der Waals surface area contributed by atoms with Crippen molar-refractivity contribution < 1.29 is 27.4 Å². The minimum Gasteiger partial charge on any atom is -0.466 e. The highest BCUT2D eigenvalue weighted by molar-refractivity contribution is 6.30. The van der Waals surface area contributed by atoms with Crippen molar-refractivity contribution in [3.8, 4) is 5.75 Å². The van der Waals surface area contributed by atoms with E-state index < -0.39 is 18.1 Å². The van der Waals surface area contributed by atoms with Gasteiger partial charge in [0, 0.05) is 11.4 Å². The fraction of sp³-hybridized carbons (Fsp3) is 0.417. The number of ether oxygens (including phenoxy) is 2. The smallest absolute Gasteiger partial charge is 0.466 e. The SMILES string of the molecule is CCOC(=O)CCc1cc(Cl)cc(OC(F)(F)F)c1. The standard InChI is InChI=1S/C12H12ClF3O3/c1-2-18-11(17)4-3-8-5-9(13)7-10(6-8)19-12(14,15)16/h5-7H,2-4H2,1H3. The molecule has 0 fully saturated rings. The Balaban J connectivity index is 2.71. The van der Waals surface area contributed by atoms with Gasteiger partial charge in [0.15, 0.2) is 0 Å². The first-order valence-electron chi connectivity index (χ1n) is 5.51. The summed E-state index contributed by atoms with van der Waals surface area (Å²) in [5, 5.41) is 0.112. The average molecular weight is 297 g/mol. The van der Waals surface area contributed by atoms with Gasteiger partial charge in [0.25, 0.3) is 0 Å². The molecule has 0 saturated carbocycles. The first-order chi connectivity index (χ1) is 8.80. The molecule has 0 unspecified atom stereocenters. The fourth-order valence-corrected chi connectivity index (χ4v) is 1.68. The maximum absolute atomic E-state index is 12.1. The zero-order valence-corrected chi connectivity index (χ0v) is 10.8. The predicted octanol–water partition coefficient (Wildman–Crippen LogP) is 3.73. The molecule has 3 nitrogen and oxygen atoms in total. The minimum absolute atomic E-state index is 0.0691. The number of carbonyl (C=O) groups is 1. The van der Waals surface area contributed by atoms with Crippen LogP contribution in [0.4, 0.5) is 13.2 Å². The van der Waals surface area contributed by atoms with Crippen LogP contribution in [0.5, 0.6) is 5.75 Å². The minimum atomic E-state index is -4.77. The van der Waals surface area contributed by atoms with E-state index in [1.165, 1.54) is 12.1 Å². The normalized spacial score (nSPS) is 11.2. The summed E-state index contributed by atoms with van der Waals surface area (Å²) in [5.74, 6) is -0.820. The third-order valence-electron chi connectivity index (χ3n) is 2.09. The molecule has 7 heteroatoms. The number of esters is 1. The molecule has 0 aliphatic heterocycles. The summed E-state index contributed by atoms with van der Waals surface area (Å²) >= 11 is 5.69. The largest absolute Gasteiger partial charge is 0.573 e. The number of aryl methyl sites for hydroxylation is 1. The van der Waals surface area contributed by atoms with Gasteiger partial charge in [0.05, 0.1) is 6.61 Å². The first-order valence-corrected chi connectivity index (χ1v) is 5.89. The number of rotatable bonds is 5. The lowest BCUT2D eigenvalue weighted by Crippen LogP contribution is -2.17. The van der Waals surface area contributed by atoms with E-state index in [4.69, 9.17) is 16.3 Å². The van der Waals surface area contributed by atoms with E-state index in [-0.39, 0.29) is 24.5 Å². The average Bonchev–Trinajstić information content (AvgIpc) is 2.23. The monoisotopic (exact) mass is 296 g/mol. The van der Waals surface area contributed by atoms with Crippen LogP contribution in [0.2, 0.25) is 5.02 Å². The van der Waals surface area contributed by atoms with Gasteiger partial charge in [0.2, 0.25) is 0 Å². The Hall–Kier alpha value is -1.43. The fourth-order valence-electron chi connectivity index (χ4n) is 1.44. The van der Waals surface area contributed by atoms with Gasteiger partial charge in [-0.05, 0) is 37.1 Å². The van der Waals surface area contributed by atoms with Crippen molar-refractivity contribution in [3.63, 3.8) is 0 Å². The van der Waals surface area contributed by atoms with E-state index >= 15 is 0 Å². The van der Waals surface area contributed by atoms with Crippen molar-refractivity contribution >= 4 is 17.6 Å². The van der Waals surface area contributed by atoms with Gasteiger partial charge in [0.1, 0.15) is 5.75 Å². The summed E-state index contributed by atoms with van der Waals surface area (Å²) in [6.07, 6.45) is -4.48. The quantitative estimate of drug-likeness (QED) is 0.777. The number of alkyl halides is 3. The Morgan fingerprint density at radius 2 is 2.00 bits per heavy atom. The van der Waals surface area contributed by atoms with Gasteiger partial charge in [-0.1, -0.05) is 11.6 Å². The van der Waals surface area contributed by atoms with E-state index in [9.17, 15) is 18.0 Å². The first kappa shape index (κ1) is 15.6. The van der Waals surface area contributed by atoms with E-state index in [1.54, 1.807) is 6.92 Å². The molecule has 0 amide bonds. The van der Waals surface area contributed by atoms with Crippen molar-refractivity contribution in [3.05, 3.63) is 28.8 Å². The maximum Gasteiger partial charge on any atom is 0.573 e. The summed E-state index contributed by atoms with van der Waals surface area (Å²) in [6, 6.07) is 3.73. The zero-order chi connectivity index (χ0) is 14.5. The van der Waals surface area contributed by atoms with Crippen LogP contribution in [0.1, 0.15) is 18.9 Å². The lowest BCUT2D eigenvalue weighted by Gasteiger charge is -2.10. The van der Waals surface area contributed by atoms with Crippen LogP contribution in [0.3, 0.4) is 0 Å². The van der Waals surface area contributed by atoms with Gasteiger partial charge in [-0.15, -0.1) is 13.2 Å². The summed E-state index contributed by atoms with van der Waals surface area (Å²) < 4.78 is 44.7. The van der Waals surface area contributed by atoms with Crippen LogP contribution in [0.15, 0.2) is 18.2 Å². The third kappa shape index (κ3) is 6.33. The van der Waals surface area contributed by atoms with Crippen LogP contribution in [-0.2, 0) is 16.0 Å². The molecule has 1 aromatic rings. The molecule has 0 atom stereocenters. The van der Waals surface area contributed by atoms with Gasteiger partial charge in [-0.25, -0.2) is 0 Å². The van der Waals surface area contributed by atoms with Crippen LogP contribution in [-0.4, -0.2) is 18.9 Å². The molecule has 0 radical (unpaired) electrons. The highest BCUT2D eigenvalue weighted by atomic mass is 35.5. The van der Waals surface area contributed by atoms with Crippen molar-refractivity contribution in [1.82, 2.24) is 0 Å². The number of hydrogen-bond donors (Lipinski definition) is 0. The molecule has 0 aliphatic rings. The summed E-state index contributed by atoms with van der Waals surface area (Å²) in [7, 11) is 0. The molecule has 19 heavy (non-hydrogen) atoms.